The maximum atomic E-state index is 12.6. The minimum atomic E-state index is -0.844. The van der Waals surface area contributed by atoms with Crippen molar-refractivity contribution in [3.63, 3.8) is 0 Å². The van der Waals surface area contributed by atoms with Gasteiger partial charge in [0.25, 0.3) is 0 Å². The van der Waals surface area contributed by atoms with Gasteiger partial charge in [-0.3, -0.25) is 9.59 Å². The first kappa shape index (κ1) is 90.1. The zero-order valence-corrected chi connectivity index (χ0v) is 62.6. The highest BCUT2D eigenvalue weighted by Crippen LogP contribution is 2.20. The van der Waals surface area contributed by atoms with Crippen LogP contribution in [0.2, 0.25) is 0 Å². The molecule has 0 aliphatic carbocycles. The quantitative estimate of drug-likeness (QED) is 0.0320. The van der Waals surface area contributed by atoms with Crippen LogP contribution in [0.1, 0.15) is 476 Å². The molecular weight excluding hydrogens is 1130 g/mol. The number of ether oxygens (including phenoxy) is 1. The molecular formula is C86H165NO5. The number of unbranched alkanes of at least 4 members (excludes halogenated alkanes) is 65. The Balaban J connectivity index is 3.38. The summed E-state index contributed by atoms with van der Waals surface area (Å²) in [4.78, 5) is 24.6. The Bertz CT molecular complexity index is 1490. The van der Waals surface area contributed by atoms with Gasteiger partial charge in [0.15, 0.2) is 0 Å². The molecule has 0 spiro atoms. The van der Waals surface area contributed by atoms with Gasteiger partial charge in [0.1, 0.15) is 0 Å². The predicted octanol–water partition coefficient (Wildman–Crippen LogP) is 28.2. The second-order valence-electron chi connectivity index (χ2n) is 29.2. The van der Waals surface area contributed by atoms with Crippen molar-refractivity contribution in [3.05, 3.63) is 36.5 Å². The molecule has 92 heavy (non-hydrogen) atoms. The second-order valence-corrected chi connectivity index (χ2v) is 29.2. The summed E-state index contributed by atoms with van der Waals surface area (Å²) in [5, 5.41) is 23.3. The van der Waals surface area contributed by atoms with E-state index < -0.39 is 12.1 Å². The van der Waals surface area contributed by atoms with E-state index in [-0.39, 0.29) is 18.5 Å². The Kier molecular flexibility index (Phi) is 79.8. The van der Waals surface area contributed by atoms with Crippen molar-refractivity contribution in [1.29, 1.82) is 0 Å². The fraction of sp³-hybridized carbons (Fsp3) is 0.907. The van der Waals surface area contributed by atoms with Gasteiger partial charge < -0.3 is 20.3 Å². The maximum absolute atomic E-state index is 12.6. The summed E-state index contributed by atoms with van der Waals surface area (Å²) in [5.41, 5.74) is 0. The van der Waals surface area contributed by atoms with E-state index in [0.717, 1.165) is 44.9 Å². The highest BCUT2D eigenvalue weighted by atomic mass is 16.5. The number of carbonyl (C=O) groups is 2. The molecule has 0 rings (SSSR count). The van der Waals surface area contributed by atoms with Crippen molar-refractivity contribution in [2.45, 2.75) is 488 Å². The van der Waals surface area contributed by atoms with Crippen LogP contribution in [0.3, 0.4) is 0 Å². The fourth-order valence-electron chi connectivity index (χ4n) is 13.5. The first-order valence-electron chi connectivity index (χ1n) is 42.3. The average molecular weight is 1290 g/mol. The van der Waals surface area contributed by atoms with E-state index in [1.165, 1.54) is 405 Å². The van der Waals surface area contributed by atoms with Gasteiger partial charge >= 0.3 is 5.97 Å². The summed E-state index contributed by atoms with van der Waals surface area (Å²) < 4.78 is 5.49. The lowest BCUT2D eigenvalue weighted by Crippen LogP contribution is -2.45. The average Bonchev–Trinajstić information content (AvgIpc) is 3.77. The Morgan fingerprint density at radius 1 is 0.304 bits per heavy atom. The molecule has 0 fully saturated rings. The highest BCUT2D eigenvalue weighted by molar-refractivity contribution is 5.76. The summed E-state index contributed by atoms with van der Waals surface area (Å²) in [6, 6.07) is -0.627. The van der Waals surface area contributed by atoms with Crippen LogP contribution in [0.4, 0.5) is 0 Å². The molecule has 0 aromatic carbocycles. The largest absolute Gasteiger partial charge is 0.466 e. The molecule has 0 aromatic rings. The SMILES string of the molecule is CCCCCCCCCCCCCCCCCCCCCCCC/C=C/C(O)C(CO)NC(=O)CCCCCCCCCCCCCCCCCCC/C=C\C/C=C\CCCCCCCCCCCCCCCCCOC(=O)CCCCCCCCCCCCCC. The van der Waals surface area contributed by atoms with Crippen LogP contribution in [-0.2, 0) is 14.3 Å². The smallest absolute Gasteiger partial charge is 0.305 e. The normalized spacial score (nSPS) is 12.6. The topological polar surface area (TPSA) is 95.9 Å². The van der Waals surface area contributed by atoms with Gasteiger partial charge in [0.2, 0.25) is 5.91 Å². The first-order chi connectivity index (χ1) is 45.5. The summed E-state index contributed by atoms with van der Waals surface area (Å²) in [6.07, 6.45) is 107. The van der Waals surface area contributed by atoms with Crippen LogP contribution < -0.4 is 5.32 Å². The number of rotatable bonds is 80. The van der Waals surface area contributed by atoms with Gasteiger partial charge in [0, 0.05) is 12.8 Å². The molecule has 0 aromatic heterocycles. The van der Waals surface area contributed by atoms with E-state index in [1.54, 1.807) is 6.08 Å². The fourth-order valence-corrected chi connectivity index (χ4v) is 13.5. The van der Waals surface area contributed by atoms with Crippen LogP contribution in [0, 0.1) is 0 Å². The van der Waals surface area contributed by atoms with E-state index in [9.17, 15) is 19.8 Å². The molecule has 6 nitrogen and oxygen atoms in total. The molecule has 2 atom stereocenters. The van der Waals surface area contributed by atoms with Crippen molar-refractivity contribution < 1.29 is 24.5 Å². The third kappa shape index (κ3) is 77.1. The van der Waals surface area contributed by atoms with Crippen LogP contribution >= 0.6 is 0 Å². The molecule has 1 amide bonds. The van der Waals surface area contributed by atoms with Crippen molar-refractivity contribution in [2.75, 3.05) is 13.2 Å². The number of hydrogen-bond donors (Lipinski definition) is 3. The van der Waals surface area contributed by atoms with E-state index in [1.807, 2.05) is 6.08 Å². The van der Waals surface area contributed by atoms with E-state index in [2.05, 4.69) is 43.5 Å². The lowest BCUT2D eigenvalue weighted by Gasteiger charge is -2.20. The van der Waals surface area contributed by atoms with Crippen LogP contribution in [0.25, 0.3) is 0 Å². The summed E-state index contributed by atoms with van der Waals surface area (Å²) in [6.45, 7) is 4.96. The highest BCUT2D eigenvalue weighted by Gasteiger charge is 2.18. The molecule has 2 unspecified atom stereocenters. The number of nitrogens with one attached hydrogen (secondary N) is 1. The standard InChI is InChI=1S/C86H165NO5/c1-3-5-7-9-11-13-15-17-18-19-20-21-22-40-43-46-49-52-55-58-62-66-70-74-78-84(89)83(82-88)87-85(90)79-75-71-67-63-59-56-53-50-47-44-41-38-36-34-32-30-28-26-24-23-25-27-29-31-33-35-37-39-42-45-48-51-54-57-61-65-69-73-77-81-92-86(91)80-76-72-68-64-60-16-14-12-10-8-6-4-2/h23-24,27,29,74,78,83-84,88-89H,3-22,25-26,28,30-73,75-77,79-82H2,1-2H3,(H,87,90)/b24-23-,29-27-,78-74+. The lowest BCUT2D eigenvalue weighted by molar-refractivity contribution is -0.143. The third-order valence-electron chi connectivity index (χ3n) is 19.9. The van der Waals surface area contributed by atoms with Gasteiger partial charge in [-0.1, -0.05) is 436 Å². The number of amides is 1. The monoisotopic (exact) mass is 1290 g/mol. The van der Waals surface area contributed by atoms with E-state index in [4.69, 9.17) is 4.74 Å². The van der Waals surface area contributed by atoms with Crippen LogP contribution in [-0.4, -0.2) is 47.4 Å². The third-order valence-corrected chi connectivity index (χ3v) is 19.9. The zero-order valence-electron chi connectivity index (χ0n) is 62.6. The van der Waals surface area contributed by atoms with Gasteiger partial charge in [0.05, 0.1) is 25.4 Å². The number of allylic oxidation sites excluding steroid dienone is 5. The Morgan fingerprint density at radius 2 is 0.543 bits per heavy atom. The zero-order chi connectivity index (χ0) is 66.3. The summed E-state index contributed by atoms with van der Waals surface area (Å²) in [7, 11) is 0. The van der Waals surface area contributed by atoms with Gasteiger partial charge in [-0.05, 0) is 64.2 Å². The van der Waals surface area contributed by atoms with Gasteiger partial charge in [-0.25, -0.2) is 0 Å². The Hall–Kier alpha value is -1.92. The number of esters is 1. The minimum absolute atomic E-state index is 0.0216. The summed E-state index contributed by atoms with van der Waals surface area (Å²) in [5.74, 6) is -0.0379. The van der Waals surface area contributed by atoms with E-state index in [0.29, 0.717) is 19.4 Å². The van der Waals surface area contributed by atoms with Crippen LogP contribution in [0.5, 0.6) is 0 Å². The molecule has 0 saturated heterocycles. The molecule has 0 aliphatic heterocycles. The molecule has 6 heteroatoms. The molecule has 0 heterocycles. The van der Waals surface area contributed by atoms with Crippen molar-refractivity contribution in [2.24, 2.45) is 0 Å². The van der Waals surface area contributed by atoms with Gasteiger partial charge in [-0.2, -0.15) is 0 Å². The number of carbonyl (C=O) groups excluding carboxylic acids is 2. The molecule has 0 saturated carbocycles. The lowest BCUT2D eigenvalue weighted by atomic mass is 10.0. The van der Waals surface area contributed by atoms with Crippen molar-refractivity contribution in [1.82, 2.24) is 5.32 Å². The number of hydrogen-bond acceptors (Lipinski definition) is 5. The Labute approximate surface area is 576 Å². The Morgan fingerprint density at radius 3 is 0.826 bits per heavy atom. The molecule has 0 radical (unpaired) electrons. The molecule has 544 valence electrons. The predicted molar refractivity (Wildman–Crippen MR) is 407 cm³/mol. The molecule has 3 N–H and O–H groups in total. The first-order valence-corrected chi connectivity index (χ1v) is 42.3. The van der Waals surface area contributed by atoms with Crippen LogP contribution in [0.15, 0.2) is 36.5 Å². The molecule has 0 aliphatic rings. The molecule has 0 bridgehead atoms. The van der Waals surface area contributed by atoms with Gasteiger partial charge in [-0.15, -0.1) is 0 Å². The minimum Gasteiger partial charge on any atom is -0.466 e. The second kappa shape index (κ2) is 81.5. The maximum Gasteiger partial charge on any atom is 0.305 e. The van der Waals surface area contributed by atoms with Crippen molar-refractivity contribution >= 4 is 11.9 Å². The van der Waals surface area contributed by atoms with Crippen molar-refractivity contribution in [3.8, 4) is 0 Å². The number of aliphatic hydroxyl groups excluding tert-OH is 2. The summed E-state index contributed by atoms with van der Waals surface area (Å²) >= 11 is 0. The number of aliphatic hydroxyl groups is 2. The van der Waals surface area contributed by atoms with E-state index >= 15 is 0 Å².